The fraction of sp³-hybridized carbons (Fsp3) is 0.545. The number of methoxy groups -OCH3 is 1. The number of nitrogens with one attached hydrogen (secondary N) is 4. The highest BCUT2D eigenvalue weighted by molar-refractivity contribution is 5.85. The van der Waals surface area contributed by atoms with Gasteiger partial charge in [-0.15, -0.1) is 0 Å². The molecule has 1 aromatic rings. The number of anilines is 1. The van der Waals surface area contributed by atoms with Crippen molar-refractivity contribution in [3.63, 3.8) is 0 Å². The Morgan fingerprint density at radius 1 is 0.969 bits per heavy atom. The van der Waals surface area contributed by atoms with Gasteiger partial charge in [-0.3, -0.25) is 9.59 Å². The zero-order chi connectivity index (χ0) is 23.8. The summed E-state index contributed by atoms with van der Waals surface area (Å²) in [7, 11) is 1.63. The van der Waals surface area contributed by atoms with E-state index in [2.05, 4.69) is 21.3 Å². The molecule has 0 radical (unpaired) electrons. The summed E-state index contributed by atoms with van der Waals surface area (Å²) in [5.41, 5.74) is 6.91. The van der Waals surface area contributed by atoms with Crippen LogP contribution in [0.4, 0.5) is 10.5 Å². The first kappa shape index (κ1) is 26.9. The van der Waals surface area contributed by atoms with E-state index in [4.69, 9.17) is 10.5 Å². The maximum Gasteiger partial charge on any atom is 0.312 e. The summed E-state index contributed by atoms with van der Waals surface area (Å²) in [5, 5.41) is 11.2. The number of rotatable bonds is 16. The van der Waals surface area contributed by atoms with Gasteiger partial charge in [0.15, 0.2) is 0 Å². The summed E-state index contributed by atoms with van der Waals surface area (Å²) in [5.74, 6) is -0.464. The zero-order valence-corrected chi connectivity index (χ0v) is 18.9. The SMILES string of the molecule is COCc1ccc(N[C@H](CCCNC(N)=O)NC(=O)CNC(=O)CCCCC(C)=O)cc1. The summed E-state index contributed by atoms with van der Waals surface area (Å²) < 4.78 is 5.10. The van der Waals surface area contributed by atoms with Gasteiger partial charge in [0.1, 0.15) is 5.78 Å². The summed E-state index contributed by atoms with van der Waals surface area (Å²) in [4.78, 5) is 46.0. The number of amides is 4. The van der Waals surface area contributed by atoms with Gasteiger partial charge in [-0.2, -0.15) is 0 Å². The van der Waals surface area contributed by atoms with Crippen molar-refractivity contribution >= 4 is 29.3 Å². The lowest BCUT2D eigenvalue weighted by atomic mass is 10.1. The van der Waals surface area contributed by atoms with E-state index in [1.807, 2.05) is 24.3 Å². The minimum Gasteiger partial charge on any atom is -0.380 e. The lowest BCUT2D eigenvalue weighted by Gasteiger charge is -2.22. The Hall–Kier alpha value is -3.14. The number of nitrogens with two attached hydrogens (primary N) is 1. The van der Waals surface area contributed by atoms with Crippen LogP contribution in [0.25, 0.3) is 0 Å². The first-order chi connectivity index (χ1) is 15.3. The number of primary amides is 1. The van der Waals surface area contributed by atoms with Gasteiger partial charge >= 0.3 is 6.03 Å². The molecule has 10 nitrogen and oxygen atoms in total. The van der Waals surface area contributed by atoms with Gasteiger partial charge in [0.2, 0.25) is 11.8 Å². The lowest BCUT2D eigenvalue weighted by molar-refractivity contribution is -0.126. The van der Waals surface area contributed by atoms with Gasteiger partial charge in [0, 0.05) is 32.2 Å². The largest absolute Gasteiger partial charge is 0.380 e. The standard InChI is InChI=1S/C22H35N5O5/c1-16(28)6-3-4-8-20(29)25-14-21(30)27-19(7-5-13-24-22(23)31)26-18-11-9-17(10-12-18)15-32-2/h9-12,19,26H,3-8,13-15H2,1-2H3,(H,25,29)(H,27,30)(H3,23,24,31)/t19-/m0/s1. The van der Waals surface area contributed by atoms with E-state index in [-0.39, 0.29) is 30.6 Å². The van der Waals surface area contributed by atoms with Crippen LogP contribution in [0.5, 0.6) is 0 Å². The first-order valence-electron chi connectivity index (χ1n) is 10.7. The molecule has 0 spiro atoms. The van der Waals surface area contributed by atoms with E-state index in [0.29, 0.717) is 45.3 Å². The van der Waals surface area contributed by atoms with E-state index < -0.39 is 12.2 Å². The molecule has 0 unspecified atom stereocenters. The van der Waals surface area contributed by atoms with Crippen molar-refractivity contribution in [2.75, 3.05) is 25.5 Å². The number of benzene rings is 1. The van der Waals surface area contributed by atoms with Crippen molar-refractivity contribution in [3.8, 4) is 0 Å². The normalized spacial score (nSPS) is 11.3. The molecule has 0 saturated carbocycles. The number of carbonyl (C=O) groups is 4. The number of Topliss-reactive ketones (excluding diaryl/α,β-unsaturated/α-hetero) is 1. The predicted molar refractivity (Wildman–Crippen MR) is 122 cm³/mol. The maximum absolute atomic E-state index is 12.3. The average Bonchev–Trinajstić information content (AvgIpc) is 2.74. The van der Waals surface area contributed by atoms with Gasteiger partial charge < -0.3 is 36.5 Å². The summed E-state index contributed by atoms with van der Waals surface area (Å²) in [6.45, 7) is 2.27. The molecule has 4 amide bonds. The Labute approximate surface area is 189 Å². The third-order valence-electron chi connectivity index (χ3n) is 4.54. The molecule has 0 aliphatic carbocycles. The second-order valence-corrected chi connectivity index (χ2v) is 7.51. The molecule has 6 N–H and O–H groups in total. The second kappa shape index (κ2) is 15.6. The minimum atomic E-state index is -0.599. The number of ether oxygens (including phenoxy) is 1. The third-order valence-corrected chi connectivity index (χ3v) is 4.54. The van der Waals surface area contributed by atoms with E-state index in [0.717, 1.165) is 11.3 Å². The van der Waals surface area contributed by atoms with E-state index in [1.165, 1.54) is 6.92 Å². The summed E-state index contributed by atoms with van der Waals surface area (Å²) >= 11 is 0. The summed E-state index contributed by atoms with van der Waals surface area (Å²) in [6, 6.07) is 7.02. The van der Waals surface area contributed by atoms with Gasteiger partial charge in [-0.1, -0.05) is 12.1 Å². The monoisotopic (exact) mass is 449 g/mol. The van der Waals surface area contributed by atoms with E-state index >= 15 is 0 Å². The topological polar surface area (TPSA) is 152 Å². The van der Waals surface area contributed by atoms with Crippen molar-refractivity contribution in [2.24, 2.45) is 5.73 Å². The highest BCUT2D eigenvalue weighted by Crippen LogP contribution is 2.12. The quantitative estimate of drug-likeness (QED) is 0.190. The van der Waals surface area contributed by atoms with Crippen LogP contribution < -0.4 is 27.0 Å². The highest BCUT2D eigenvalue weighted by atomic mass is 16.5. The molecule has 0 aliphatic heterocycles. The van der Waals surface area contributed by atoms with Crippen molar-refractivity contribution in [1.82, 2.24) is 16.0 Å². The Kier molecular flexibility index (Phi) is 13.1. The highest BCUT2D eigenvalue weighted by Gasteiger charge is 2.13. The van der Waals surface area contributed by atoms with Crippen LogP contribution in [-0.4, -0.2) is 50.0 Å². The molecule has 0 fully saturated rings. The number of ketones is 1. The van der Waals surface area contributed by atoms with Crippen LogP contribution in [0.3, 0.4) is 0 Å². The molecular formula is C22H35N5O5. The maximum atomic E-state index is 12.3. The second-order valence-electron chi connectivity index (χ2n) is 7.51. The molecule has 1 rings (SSSR count). The van der Waals surface area contributed by atoms with Gasteiger partial charge in [-0.05, 0) is 50.3 Å². The van der Waals surface area contributed by atoms with Crippen molar-refractivity contribution < 1.29 is 23.9 Å². The first-order valence-corrected chi connectivity index (χ1v) is 10.7. The molecule has 1 aromatic carbocycles. The zero-order valence-electron chi connectivity index (χ0n) is 18.9. The molecule has 0 aromatic heterocycles. The molecule has 0 heterocycles. The molecule has 0 aliphatic rings. The summed E-state index contributed by atoms with van der Waals surface area (Å²) in [6.07, 6.45) is 2.70. The smallest absolute Gasteiger partial charge is 0.312 e. The van der Waals surface area contributed by atoms with Crippen LogP contribution in [0.1, 0.15) is 51.0 Å². The number of urea groups is 1. The van der Waals surface area contributed by atoms with Crippen molar-refractivity contribution in [2.45, 2.75) is 58.2 Å². The molecule has 32 heavy (non-hydrogen) atoms. The van der Waals surface area contributed by atoms with E-state index in [9.17, 15) is 19.2 Å². The third kappa shape index (κ3) is 13.2. The Bertz CT molecular complexity index is 739. The molecule has 1 atom stereocenters. The fourth-order valence-electron chi connectivity index (χ4n) is 2.94. The van der Waals surface area contributed by atoms with Crippen LogP contribution in [0.2, 0.25) is 0 Å². The van der Waals surface area contributed by atoms with Crippen LogP contribution in [-0.2, 0) is 25.7 Å². The van der Waals surface area contributed by atoms with Gasteiger partial charge in [0.25, 0.3) is 0 Å². The molecular weight excluding hydrogens is 414 g/mol. The van der Waals surface area contributed by atoms with Gasteiger partial charge in [0.05, 0.1) is 19.3 Å². The average molecular weight is 450 g/mol. The fourth-order valence-corrected chi connectivity index (χ4v) is 2.94. The van der Waals surface area contributed by atoms with Crippen molar-refractivity contribution in [1.29, 1.82) is 0 Å². The number of carbonyl (C=O) groups excluding carboxylic acids is 4. The van der Waals surface area contributed by atoms with Crippen LogP contribution >= 0.6 is 0 Å². The minimum absolute atomic E-state index is 0.0997. The Morgan fingerprint density at radius 3 is 2.28 bits per heavy atom. The van der Waals surface area contributed by atoms with Gasteiger partial charge in [-0.25, -0.2) is 4.79 Å². The number of hydrogen-bond donors (Lipinski definition) is 5. The number of unbranched alkanes of at least 4 members (excludes halogenated alkanes) is 1. The molecule has 0 saturated heterocycles. The molecule has 10 heteroatoms. The van der Waals surface area contributed by atoms with Crippen LogP contribution in [0.15, 0.2) is 24.3 Å². The predicted octanol–water partition coefficient (Wildman–Crippen LogP) is 1.40. The number of hydrogen-bond acceptors (Lipinski definition) is 6. The Morgan fingerprint density at radius 2 is 1.66 bits per heavy atom. The lowest BCUT2D eigenvalue weighted by Crippen LogP contribution is -2.45. The van der Waals surface area contributed by atoms with E-state index in [1.54, 1.807) is 7.11 Å². The molecule has 0 bridgehead atoms. The Balaban J connectivity index is 2.51. The van der Waals surface area contributed by atoms with Crippen molar-refractivity contribution in [3.05, 3.63) is 29.8 Å². The van der Waals surface area contributed by atoms with Crippen LogP contribution in [0, 0.1) is 0 Å². The molecule has 178 valence electrons.